The Labute approximate surface area is 277 Å². The molecule has 2 saturated carbocycles. The van der Waals surface area contributed by atoms with Crippen LogP contribution in [0, 0.1) is 11.7 Å². The van der Waals surface area contributed by atoms with Gasteiger partial charge < -0.3 is 25.8 Å². The average Bonchev–Trinajstić information content (AvgIpc) is 3.78. The van der Waals surface area contributed by atoms with Crippen LogP contribution in [-0.4, -0.2) is 88.5 Å². The van der Waals surface area contributed by atoms with Crippen LogP contribution in [-0.2, 0) is 19.8 Å². The number of anilines is 1. The largest absolute Gasteiger partial charge is 0.343 e. The number of likely N-dealkylation sites (N-methyl/N-ethyl adjacent to an activating group) is 1. The van der Waals surface area contributed by atoms with Crippen LogP contribution >= 0.6 is 0 Å². The lowest BCUT2D eigenvalue weighted by atomic mass is 9.86. The number of carbonyl (C=O) groups is 4. The molecule has 0 bridgehead atoms. The highest BCUT2D eigenvalue weighted by atomic mass is 19.1. The summed E-state index contributed by atoms with van der Waals surface area (Å²) >= 11 is 0. The van der Waals surface area contributed by atoms with Crippen LogP contribution in [0.15, 0.2) is 30.5 Å². The molecule has 0 spiro atoms. The van der Waals surface area contributed by atoms with Gasteiger partial charge in [-0.25, -0.2) is 4.39 Å². The number of halogens is 1. The van der Waals surface area contributed by atoms with Crippen molar-refractivity contribution in [2.24, 2.45) is 5.92 Å². The summed E-state index contributed by atoms with van der Waals surface area (Å²) < 4.78 is 17.5. The van der Waals surface area contributed by atoms with Gasteiger partial charge in [0, 0.05) is 50.3 Å². The molecule has 256 valence electrons. The van der Waals surface area contributed by atoms with Crippen LogP contribution in [0.1, 0.15) is 101 Å². The minimum atomic E-state index is -0.847. The van der Waals surface area contributed by atoms with E-state index in [4.69, 9.17) is 0 Å². The molecule has 1 aliphatic heterocycles. The number of piperazine rings is 1. The lowest BCUT2D eigenvalue weighted by Gasteiger charge is -2.37. The number of carbonyl (C=O) groups excluding carboxylic acids is 4. The van der Waals surface area contributed by atoms with Crippen LogP contribution in [0.25, 0.3) is 0 Å². The number of hydrogen-bond acceptors (Lipinski definition) is 6. The van der Waals surface area contributed by atoms with Crippen molar-refractivity contribution < 1.29 is 23.6 Å². The summed E-state index contributed by atoms with van der Waals surface area (Å²) in [6, 6.07) is 4.60. The minimum absolute atomic E-state index is 0.00850. The van der Waals surface area contributed by atoms with E-state index in [-0.39, 0.29) is 35.9 Å². The van der Waals surface area contributed by atoms with E-state index in [2.05, 4.69) is 25.9 Å². The molecule has 2 atom stereocenters. The van der Waals surface area contributed by atoms with Gasteiger partial charge in [-0.3, -0.25) is 23.9 Å². The van der Waals surface area contributed by atoms with Crippen molar-refractivity contribution in [3.63, 3.8) is 0 Å². The van der Waals surface area contributed by atoms with Crippen molar-refractivity contribution >= 4 is 29.3 Å². The van der Waals surface area contributed by atoms with Gasteiger partial charge in [0.1, 0.15) is 23.6 Å². The third-order valence-corrected chi connectivity index (χ3v) is 10.2. The van der Waals surface area contributed by atoms with Gasteiger partial charge in [-0.15, -0.1) is 0 Å². The smallest absolute Gasteiger partial charge is 0.270 e. The highest BCUT2D eigenvalue weighted by molar-refractivity contribution is 6.01. The SMILES string of the molecule is CCC(=O)NC(C(=O)N1CCN(C)CC1)C1(c2ccc(NC(=O)[C@@H](NC(=O)c3ccnn3C(C)C)C3CCCCCC3)c(F)c2)CC1. The third-order valence-electron chi connectivity index (χ3n) is 10.2. The zero-order chi connectivity index (χ0) is 33.7. The Hall–Kier alpha value is -3.80. The fourth-order valence-electron chi connectivity index (χ4n) is 7.09. The Morgan fingerprint density at radius 1 is 0.979 bits per heavy atom. The predicted molar refractivity (Wildman–Crippen MR) is 177 cm³/mol. The number of benzene rings is 1. The molecular weight excluding hydrogens is 601 g/mol. The summed E-state index contributed by atoms with van der Waals surface area (Å²) in [7, 11) is 2.01. The first-order chi connectivity index (χ1) is 22.5. The Morgan fingerprint density at radius 3 is 2.26 bits per heavy atom. The predicted octanol–water partition coefficient (Wildman–Crippen LogP) is 4.01. The van der Waals surface area contributed by atoms with Crippen LogP contribution < -0.4 is 16.0 Å². The summed E-state index contributed by atoms with van der Waals surface area (Å²) in [5, 5.41) is 12.9. The van der Waals surface area contributed by atoms with Crippen LogP contribution in [0.5, 0.6) is 0 Å². The lowest BCUT2D eigenvalue weighted by molar-refractivity contribution is -0.138. The molecule has 2 aliphatic carbocycles. The van der Waals surface area contributed by atoms with E-state index >= 15 is 4.39 Å². The number of amides is 4. The molecule has 1 aromatic heterocycles. The number of aromatic nitrogens is 2. The summed E-state index contributed by atoms with van der Waals surface area (Å²) in [6.45, 7) is 8.25. The molecule has 47 heavy (non-hydrogen) atoms. The van der Waals surface area contributed by atoms with E-state index in [0.717, 1.165) is 51.6 Å². The maximum atomic E-state index is 15.9. The Kier molecular flexibility index (Phi) is 11.0. The summed E-state index contributed by atoms with van der Waals surface area (Å²) in [4.78, 5) is 57.6. The molecule has 1 saturated heterocycles. The van der Waals surface area contributed by atoms with Gasteiger partial charge in [0.2, 0.25) is 17.7 Å². The zero-order valence-corrected chi connectivity index (χ0v) is 28.2. The van der Waals surface area contributed by atoms with E-state index in [1.165, 1.54) is 12.1 Å². The van der Waals surface area contributed by atoms with Crippen molar-refractivity contribution in [2.45, 2.75) is 102 Å². The second-order valence-electron chi connectivity index (χ2n) is 13.8. The van der Waals surface area contributed by atoms with E-state index in [9.17, 15) is 19.2 Å². The average molecular weight is 652 g/mol. The van der Waals surface area contributed by atoms with E-state index < -0.39 is 35.1 Å². The van der Waals surface area contributed by atoms with Crippen molar-refractivity contribution in [3.05, 3.63) is 47.5 Å². The van der Waals surface area contributed by atoms with Crippen molar-refractivity contribution in [1.82, 2.24) is 30.2 Å². The Balaban J connectivity index is 1.36. The first-order valence-electron chi connectivity index (χ1n) is 17.3. The quantitative estimate of drug-likeness (QED) is 0.315. The third kappa shape index (κ3) is 7.85. The fraction of sp³-hybridized carbons (Fsp3) is 0.629. The maximum absolute atomic E-state index is 15.9. The number of rotatable bonds is 11. The summed E-state index contributed by atoms with van der Waals surface area (Å²) in [5.41, 5.74) is 0.277. The summed E-state index contributed by atoms with van der Waals surface area (Å²) in [6.07, 6.45) is 8.72. The normalized spacial score (nSPS) is 19.8. The Morgan fingerprint density at radius 2 is 1.66 bits per heavy atom. The van der Waals surface area contributed by atoms with Crippen LogP contribution in [0.4, 0.5) is 10.1 Å². The number of hydrogen-bond donors (Lipinski definition) is 3. The number of nitrogens with one attached hydrogen (secondary N) is 3. The van der Waals surface area contributed by atoms with Gasteiger partial charge in [-0.2, -0.15) is 5.10 Å². The van der Waals surface area contributed by atoms with Gasteiger partial charge in [-0.1, -0.05) is 38.7 Å². The molecule has 3 aliphatic rings. The first kappa shape index (κ1) is 34.5. The van der Waals surface area contributed by atoms with Crippen molar-refractivity contribution in [3.8, 4) is 0 Å². The molecule has 1 unspecified atom stereocenters. The molecule has 12 heteroatoms. The molecule has 1 aromatic carbocycles. The first-order valence-corrected chi connectivity index (χ1v) is 17.3. The van der Waals surface area contributed by atoms with E-state index in [0.29, 0.717) is 37.2 Å². The Bertz CT molecular complexity index is 1440. The van der Waals surface area contributed by atoms with Gasteiger partial charge >= 0.3 is 0 Å². The molecule has 3 fully saturated rings. The lowest BCUT2D eigenvalue weighted by Crippen LogP contribution is -2.58. The van der Waals surface area contributed by atoms with Crippen LogP contribution in [0.3, 0.4) is 0 Å². The minimum Gasteiger partial charge on any atom is -0.343 e. The number of nitrogens with zero attached hydrogens (tertiary/aromatic N) is 4. The molecule has 11 nitrogen and oxygen atoms in total. The van der Waals surface area contributed by atoms with Gasteiger partial charge in [0.05, 0.1) is 5.69 Å². The van der Waals surface area contributed by atoms with Gasteiger partial charge in [-0.05, 0) is 76.3 Å². The standard InChI is InChI=1S/C35H50FN7O4/c1-5-29(44)39-31(34(47)42-20-18-41(4)19-21-42)35(15-16-35)25-12-13-27(26(36)22-25)38-33(46)30(24-10-8-6-7-9-11-24)40-32(45)28-14-17-37-43(28)23(2)3/h12-14,17,22-24,30-31H,5-11,15-16,18-21H2,1-4H3,(H,38,46)(H,39,44)(H,40,45)/t30-,31?/m0/s1. The fourth-order valence-corrected chi connectivity index (χ4v) is 7.09. The molecule has 0 radical (unpaired) electrons. The molecular formula is C35H50FN7O4. The maximum Gasteiger partial charge on any atom is 0.270 e. The molecule has 5 rings (SSSR count). The molecule has 2 heterocycles. The highest BCUT2D eigenvalue weighted by Crippen LogP contribution is 2.52. The second-order valence-corrected chi connectivity index (χ2v) is 13.8. The highest BCUT2D eigenvalue weighted by Gasteiger charge is 2.55. The monoisotopic (exact) mass is 651 g/mol. The van der Waals surface area contributed by atoms with Gasteiger partial charge in [0.25, 0.3) is 5.91 Å². The molecule has 3 N–H and O–H groups in total. The molecule has 2 aromatic rings. The van der Waals surface area contributed by atoms with Gasteiger partial charge in [0.15, 0.2) is 0 Å². The topological polar surface area (TPSA) is 129 Å². The summed E-state index contributed by atoms with van der Waals surface area (Å²) in [5.74, 6) is -1.94. The van der Waals surface area contributed by atoms with Crippen LogP contribution in [0.2, 0.25) is 0 Å². The van der Waals surface area contributed by atoms with E-state index in [1.54, 1.807) is 34.8 Å². The second kappa shape index (κ2) is 15.0. The zero-order valence-electron chi connectivity index (χ0n) is 28.2. The molecule has 4 amide bonds. The van der Waals surface area contributed by atoms with Crippen molar-refractivity contribution in [1.29, 1.82) is 0 Å². The van der Waals surface area contributed by atoms with E-state index in [1.807, 2.05) is 20.9 Å². The van der Waals surface area contributed by atoms with Crippen molar-refractivity contribution in [2.75, 3.05) is 38.5 Å².